The summed E-state index contributed by atoms with van der Waals surface area (Å²) in [4.78, 5) is 11.8. The highest BCUT2D eigenvalue weighted by Crippen LogP contribution is 2.32. The minimum atomic E-state index is -4.53. The molecule has 26 heavy (non-hydrogen) atoms. The quantitative estimate of drug-likeness (QED) is 0.763. The molecule has 1 atom stereocenters. The summed E-state index contributed by atoms with van der Waals surface area (Å²) in [7, 11) is 0. The zero-order valence-corrected chi connectivity index (χ0v) is 14.8. The highest BCUT2D eigenvalue weighted by molar-refractivity contribution is 5.82. The van der Waals surface area contributed by atoms with Crippen molar-refractivity contribution in [2.24, 2.45) is 5.73 Å². The number of carbonyl (C=O) groups is 1. The second kappa shape index (κ2) is 7.09. The summed E-state index contributed by atoms with van der Waals surface area (Å²) < 4.78 is 53.2. The fourth-order valence-electron chi connectivity index (χ4n) is 2.71. The number of halogens is 4. The van der Waals surface area contributed by atoms with Gasteiger partial charge >= 0.3 is 6.18 Å². The highest BCUT2D eigenvalue weighted by atomic mass is 19.4. The van der Waals surface area contributed by atoms with Crippen molar-refractivity contribution in [3.8, 4) is 0 Å². The van der Waals surface area contributed by atoms with Gasteiger partial charge in [0.25, 0.3) is 0 Å². The van der Waals surface area contributed by atoms with Gasteiger partial charge in [-0.25, -0.2) is 4.39 Å². The maximum atomic E-state index is 14.5. The smallest absolute Gasteiger partial charge is 0.369 e. The Labute approximate surface area is 150 Å². The third-order valence-electron chi connectivity index (χ3n) is 4.30. The topological polar surface area (TPSA) is 43.1 Å². The lowest BCUT2D eigenvalue weighted by Crippen LogP contribution is -2.24. The van der Waals surface area contributed by atoms with Crippen LogP contribution in [-0.2, 0) is 22.8 Å². The predicted octanol–water partition coefficient (Wildman–Crippen LogP) is 4.95. The molecule has 0 aliphatic heterocycles. The van der Waals surface area contributed by atoms with Gasteiger partial charge in [0.05, 0.1) is 11.5 Å². The molecule has 0 fully saturated rings. The SMILES string of the molecule is CC(C)(C)c1ccc(CC(C(N)=O)c2cccc(C(F)(F)F)c2)c(F)c1. The van der Waals surface area contributed by atoms with E-state index in [9.17, 15) is 22.4 Å². The van der Waals surface area contributed by atoms with Gasteiger partial charge in [-0.05, 0) is 40.7 Å². The van der Waals surface area contributed by atoms with E-state index in [0.29, 0.717) is 0 Å². The van der Waals surface area contributed by atoms with Crippen LogP contribution < -0.4 is 5.73 Å². The maximum absolute atomic E-state index is 14.5. The van der Waals surface area contributed by atoms with Crippen LogP contribution in [0.4, 0.5) is 17.6 Å². The van der Waals surface area contributed by atoms with E-state index in [1.165, 1.54) is 18.2 Å². The fraction of sp³-hybridized carbons (Fsp3) is 0.350. The Morgan fingerprint density at radius 3 is 2.19 bits per heavy atom. The third kappa shape index (κ3) is 4.62. The minimum Gasteiger partial charge on any atom is -0.369 e. The van der Waals surface area contributed by atoms with Crippen molar-refractivity contribution in [2.75, 3.05) is 0 Å². The van der Waals surface area contributed by atoms with Gasteiger partial charge in [-0.1, -0.05) is 51.1 Å². The molecule has 2 nitrogen and oxygen atoms in total. The normalized spacial score (nSPS) is 13.5. The molecule has 0 spiro atoms. The third-order valence-corrected chi connectivity index (χ3v) is 4.30. The zero-order chi connectivity index (χ0) is 19.7. The van der Waals surface area contributed by atoms with E-state index in [1.807, 2.05) is 20.8 Å². The summed E-state index contributed by atoms with van der Waals surface area (Å²) in [5.41, 5.74) is 5.40. The standard InChI is InChI=1S/C20H21F4NO/c1-19(2,3)14-8-7-13(17(21)11-14)10-16(18(25)26)12-5-4-6-15(9-12)20(22,23)24/h4-9,11,16H,10H2,1-3H3,(H2,25,26). The van der Waals surface area contributed by atoms with Crippen LogP contribution in [0.3, 0.4) is 0 Å². The van der Waals surface area contributed by atoms with Crippen LogP contribution in [-0.4, -0.2) is 5.91 Å². The molecule has 2 aromatic carbocycles. The summed E-state index contributed by atoms with van der Waals surface area (Å²) in [6, 6.07) is 9.11. The van der Waals surface area contributed by atoms with Gasteiger partial charge in [-0.3, -0.25) is 4.79 Å². The Morgan fingerprint density at radius 2 is 1.69 bits per heavy atom. The molecule has 1 unspecified atom stereocenters. The number of benzene rings is 2. The monoisotopic (exact) mass is 367 g/mol. The van der Waals surface area contributed by atoms with Crippen molar-refractivity contribution in [3.63, 3.8) is 0 Å². The minimum absolute atomic E-state index is 0.104. The lowest BCUT2D eigenvalue weighted by atomic mass is 9.85. The van der Waals surface area contributed by atoms with E-state index in [-0.39, 0.29) is 23.0 Å². The van der Waals surface area contributed by atoms with E-state index in [2.05, 4.69) is 0 Å². The van der Waals surface area contributed by atoms with Crippen LogP contribution in [0.25, 0.3) is 0 Å². The number of alkyl halides is 3. The summed E-state index contributed by atoms with van der Waals surface area (Å²) in [6.45, 7) is 5.82. The number of amides is 1. The highest BCUT2D eigenvalue weighted by Gasteiger charge is 2.31. The van der Waals surface area contributed by atoms with Gasteiger partial charge in [0.15, 0.2) is 0 Å². The van der Waals surface area contributed by atoms with Gasteiger partial charge in [-0.2, -0.15) is 13.2 Å². The van der Waals surface area contributed by atoms with Gasteiger partial charge in [-0.15, -0.1) is 0 Å². The molecule has 140 valence electrons. The Balaban J connectivity index is 2.37. The number of primary amides is 1. The molecule has 0 radical (unpaired) electrons. The molecule has 0 bridgehead atoms. The Morgan fingerprint density at radius 1 is 1.04 bits per heavy atom. The second-order valence-corrected chi connectivity index (χ2v) is 7.34. The molecule has 0 saturated carbocycles. The molecule has 6 heteroatoms. The van der Waals surface area contributed by atoms with Crippen LogP contribution in [0.15, 0.2) is 42.5 Å². The second-order valence-electron chi connectivity index (χ2n) is 7.34. The molecule has 0 aromatic heterocycles. The van der Waals surface area contributed by atoms with Crippen LogP contribution in [0.2, 0.25) is 0 Å². The molecular formula is C20H21F4NO. The Hall–Kier alpha value is -2.37. The van der Waals surface area contributed by atoms with Gasteiger partial charge in [0.2, 0.25) is 5.91 Å². The summed E-state index contributed by atoms with van der Waals surface area (Å²) in [6.07, 6.45) is -4.63. The van der Waals surface area contributed by atoms with Gasteiger partial charge in [0, 0.05) is 0 Å². The maximum Gasteiger partial charge on any atom is 0.416 e. The Kier molecular flexibility index (Phi) is 5.44. The first-order chi connectivity index (χ1) is 11.9. The molecule has 0 heterocycles. The van der Waals surface area contributed by atoms with Crippen molar-refractivity contribution < 1.29 is 22.4 Å². The number of carbonyl (C=O) groups excluding carboxylic acids is 1. The lowest BCUT2D eigenvalue weighted by Gasteiger charge is -2.21. The molecule has 1 amide bonds. The first kappa shape index (κ1) is 19.9. The van der Waals surface area contributed by atoms with Crippen molar-refractivity contribution in [2.45, 2.75) is 44.7 Å². The first-order valence-corrected chi connectivity index (χ1v) is 8.15. The molecule has 2 N–H and O–H groups in total. The molecule has 0 aliphatic rings. The molecule has 0 aliphatic carbocycles. The van der Waals surface area contributed by atoms with Crippen molar-refractivity contribution >= 4 is 5.91 Å². The number of nitrogens with two attached hydrogens (primary N) is 1. The van der Waals surface area contributed by atoms with Crippen molar-refractivity contribution in [3.05, 3.63) is 70.5 Å². The molecule has 0 saturated heterocycles. The molecule has 2 rings (SSSR count). The number of hydrogen-bond acceptors (Lipinski definition) is 1. The van der Waals surface area contributed by atoms with Crippen molar-refractivity contribution in [1.29, 1.82) is 0 Å². The average molecular weight is 367 g/mol. The molecular weight excluding hydrogens is 346 g/mol. The van der Waals surface area contributed by atoms with E-state index in [1.54, 1.807) is 12.1 Å². The number of rotatable bonds is 4. The average Bonchev–Trinajstić information content (AvgIpc) is 2.51. The van der Waals surface area contributed by atoms with Crippen LogP contribution in [0.5, 0.6) is 0 Å². The van der Waals surface area contributed by atoms with Crippen LogP contribution in [0.1, 0.15) is 48.9 Å². The van der Waals surface area contributed by atoms with Crippen molar-refractivity contribution in [1.82, 2.24) is 0 Å². The molecule has 2 aromatic rings. The van der Waals surface area contributed by atoms with E-state index < -0.39 is 29.4 Å². The lowest BCUT2D eigenvalue weighted by molar-refractivity contribution is -0.137. The summed E-state index contributed by atoms with van der Waals surface area (Å²) in [5.74, 6) is -2.36. The Bertz CT molecular complexity index is 806. The summed E-state index contributed by atoms with van der Waals surface area (Å²) >= 11 is 0. The zero-order valence-electron chi connectivity index (χ0n) is 14.8. The largest absolute Gasteiger partial charge is 0.416 e. The van der Waals surface area contributed by atoms with Crippen LogP contribution >= 0.6 is 0 Å². The van der Waals surface area contributed by atoms with Crippen LogP contribution in [0, 0.1) is 5.82 Å². The van der Waals surface area contributed by atoms with Gasteiger partial charge in [0.1, 0.15) is 5.82 Å². The van der Waals surface area contributed by atoms with Gasteiger partial charge < -0.3 is 5.73 Å². The predicted molar refractivity (Wildman–Crippen MR) is 92.2 cm³/mol. The van der Waals surface area contributed by atoms with E-state index >= 15 is 0 Å². The fourth-order valence-corrected chi connectivity index (χ4v) is 2.71. The van der Waals surface area contributed by atoms with E-state index in [4.69, 9.17) is 5.73 Å². The number of hydrogen-bond donors (Lipinski definition) is 1. The summed E-state index contributed by atoms with van der Waals surface area (Å²) in [5, 5.41) is 0. The van der Waals surface area contributed by atoms with E-state index in [0.717, 1.165) is 17.7 Å². The first-order valence-electron chi connectivity index (χ1n) is 8.15.